The van der Waals surface area contributed by atoms with Crippen molar-refractivity contribution in [1.29, 1.82) is 0 Å². The molecule has 0 radical (unpaired) electrons. The molecular formula is C14H12OS. The van der Waals surface area contributed by atoms with E-state index in [1.807, 2.05) is 60.9 Å². The first-order chi connectivity index (χ1) is 7.81. The first-order valence-corrected chi connectivity index (χ1v) is 6.27. The molecule has 80 valence electrons. The van der Waals surface area contributed by atoms with Crippen LogP contribution >= 0.6 is 11.8 Å². The summed E-state index contributed by atoms with van der Waals surface area (Å²) >= 11 is 1.67. The molecule has 0 heterocycles. The molecule has 2 rings (SSSR count). The summed E-state index contributed by atoms with van der Waals surface area (Å²) < 4.78 is 0. The fraction of sp³-hybridized carbons (Fsp3) is 0.0714. The van der Waals surface area contributed by atoms with Crippen molar-refractivity contribution in [2.24, 2.45) is 0 Å². The van der Waals surface area contributed by atoms with Gasteiger partial charge in [0, 0.05) is 16.0 Å². The maximum absolute atomic E-state index is 12.0. The molecule has 0 aliphatic rings. The van der Waals surface area contributed by atoms with E-state index in [0.29, 0.717) is 0 Å². The van der Waals surface area contributed by atoms with Crippen molar-refractivity contribution in [2.75, 3.05) is 6.26 Å². The van der Waals surface area contributed by atoms with Crippen LogP contribution in [0.25, 0.3) is 0 Å². The summed E-state index contributed by atoms with van der Waals surface area (Å²) in [5.41, 5.74) is 1.48. The number of ketones is 1. The second kappa shape index (κ2) is 4.99. The van der Waals surface area contributed by atoms with E-state index in [4.69, 9.17) is 0 Å². The second-order valence-electron chi connectivity index (χ2n) is 3.42. The van der Waals surface area contributed by atoms with Crippen molar-refractivity contribution in [3.05, 3.63) is 65.7 Å². The van der Waals surface area contributed by atoms with Gasteiger partial charge >= 0.3 is 0 Å². The van der Waals surface area contributed by atoms with Crippen molar-refractivity contribution in [3.63, 3.8) is 0 Å². The highest BCUT2D eigenvalue weighted by Crippen LogP contribution is 2.16. The molecule has 0 saturated carbocycles. The Morgan fingerprint density at radius 2 is 1.44 bits per heavy atom. The predicted molar refractivity (Wildman–Crippen MR) is 68.1 cm³/mol. The Bertz CT molecular complexity index is 474. The zero-order valence-electron chi connectivity index (χ0n) is 9.01. The van der Waals surface area contributed by atoms with Gasteiger partial charge < -0.3 is 0 Å². The molecule has 1 nitrogen and oxygen atoms in total. The minimum absolute atomic E-state index is 0.0771. The minimum atomic E-state index is 0.0771. The van der Waals surface area contributed by atoms with Crippen LogP contribution in [0.1, 0.15) is 15.9 Å². The van der Waals surface area contributed by atoms with Gasteiger partial charge in [-0.05, 0) is 30.5 Å². The Hall–Kier alpha value is -1.54. The van der Waals surface area contributed by atoms with Gasteiger partial charge in [-0.2, -0.15) is 0 Å². The highest BCUT2D eigenvalue weighted by Gasteiger charge is 2.07. The van der Waals surface area contributed by atoms with E-state index in [0.717, 1.165) is 11.1 Å². The van der Waals surface area contributed by atoms with Crippen LogP contribution in [0.2, 0.25) is 0 Å². The summed E-state index contributed by atoms with van der Waals surface area (Å²) in [5.74, 6) is 0.0771. The third-order valence-electron chi connectivity index (χ3n) is 2.39. The first-order valence-electron chi connectivity index (χ1n) is 5.05. The number of rotatable bonds is 3. The zero-order valence-corrected chi connectivity index (χ0v) is 9.83. The maximum Gasteiger partial charge on any atom is 0.193 e. The van der Waals surface area contributed by atoms with Gasteiger partial charge in [0.15, 0.2) is 5.78 Å². The monoisotopic (exact) mass is 228 g/mol. The molecule has 0 fully saturated rings. The molecule has 0 amide bonds. The van der Waals surface area contributed by atoms with E-state index >= 15 is 0 Å². The van der Waals surface area contributed by atoms with Crippen molar-refractivity contribution < 1.29 is 4.79 Å². The smallest absolute Gasteiger partial charge is 0.193 e. The number of thioether (sulfide) groups is 1. The highest BCUT2D eigenvalue weighted by molar-refractivity contribution is 7.98. The molecule has 2 aromatic carbocycles. The molecule has 0 N–H and O–H groups in total. The topological polar surface area (TPSA) is 17.1 Å². The van der Waals surface area contributed by atoms with E-state index < -0.39 is 0 Å². The Morgan fingerprint density at radius 3 is 2.00 bits per heavy atom. The molecule has 0 aliphatic heterocycles. The number of hydrogen-bond acceptors (Lipinski definition) is 2. The molecule has 0 unspecified atom stereocenters. The Kier molecular flexibility index (Phi) is 3.42. The van der Waals surface area contributed by atoms with Gasteiger partial charge in [-0.1, -0.05) is 30.3 Å². The Balaban J connectivity index is 2.28. The first kappa shape index (κ1) is 11.0. The number of benzene rings is 2. The van der Waals surface area contributed by atoms with Gasteiger partial charge in [-0.15, -0.1) is 11.8 Å². The molecule has 2 aromatic rings. The molecule has 16 heavy (non-hydrogen) atoms. The minimum Gasteiger partial charge on any atom is -0.289 e. The largest absolute Gasteiger partial charge is 0.289 e. The molecule has 0 atom stereocenters. The molecule has 0 aliphatic carbocycles. The van der Waals surface area contributed by atoms with E-state index in [2.05, 4.69) is 0 Å². The number of carbonyl (C=O) groups is 1. The van der Waals surface area contributed by atoms with Crippen LogP contribution in [-0.4, -0.2) is 12.0 Å². The molecule has 0 aromatic heterocycles. The van der Waals surface area contributed by atoms with Gasteiger partial charge in [0.1, 0.15) is 0 Å². The van der Waals surface area contributed by atoms with Crippen LogP contribution in [0.15, 0.2) is 59.5 Å². The summed E-state index contributed by atoms with van der Waals surface area (Å²) in [7, 11) is 0. The van der Waals surface area contributed by atoms with Crippen molar-refractivity contribution in [1.82, 2.24) is 0 Å². The molecule has 0 saturated heterocycles. The van der Waals surface area contributed by atoms with E-state index in [1.165, 1.54) is 4.90 Å². The van der Waals surface area contributed by atoms with Crippen LogP contribution in [-0.2, 0) is 0 Å². The predicted octanol–water partition coefficient (Wildman–Crippen LogP) is 3.64. The average molecular weight is 228 g/mol. The molecular weight excluding hydrogens is 216 g/mol. The Labute approximate surface area is 99.5 Å². The second-order valence-corrected chi connectivity index (χ2v) is 4.30. The van der Waals surface area contributed by atoms with Gasteiger partial charge in [-0.25, -0.2) is 0 Å². The fourth-order valence-electron chi connectivity index (χ4n) is 1.50. The van der Waals surface area contributed by atoms with Crippen molar-refractivity contribution in [2.45, 2.75) is 4.90 Å². The lowest BCUT2D eigenvalue weighted by molar-refractivity contribution is 0.103. The normalized spacial score (nSPS) is 10.1. The highest BCUT2D eigenvalue weighted by atomic mass is 32.2. The van der Waals surface area contributed by atoms with Crippen LogP contribution in [0.4, 0.5) is 0 Å². The van der Waals surface area contributed by atoms with Gasteiger partial charge in [-0.3, -0.25) is 4.79 Å². The van der Waals surface area contributed by atoms with Crippen molar-refractivity contribution >= 4 is 17.5 Å². The third kappa shape index (κ3) is 2.34. The summed E-state index contributed by atoms with van der Waals surface area (Å²) in [6.07, 6.45) is 2.02. The van der Waals surface area contributed by atoms with Crippen LogP contribution < -0.4 is 0 Å². The lowest BCUT2D eigenvalue weighted by Crippen LogP contribution is -2.00. The Morgan fingerprint density at radius 1 is 0.875 bits per heavy atom. The summed E-state index contributed by atoms with van der Waals surface area (Å²) in [5, 5.41) is 0. The van der Waals surface area contributed by atoms with Crippen LogP contribution in [0.3, 0.4) is 0 Å². The van der Waals surface area contributed by atoms with Gasteiger partial charge in [0.05, 0.1) is 0 Å². The number of carbonyl (C=O) groups excluding carboxylic acids is 1. The quantitative estimate of drug-likeness (QED) is 0.589. The SMILES string of the molecule is CSc1ccc(C(=O)c2ccccc2)cc1. The summed E-state index contributed by atoms with van der Waals surface area (Å²) in [4.78, 5) is 13.2. The lowest BCUT2D eigenvalue weighted by atomic mass is 10.0. The fourth-order valence-corrected chi connectivity index (χ4v) is 1.91. The van der Waals surface area contributed by atoms with Gasteiger partial charge in [0.25, 0.3) is 0 Å². The maximum atomic E-state index is 12.0. The third-order valence-corrected chi connectivity index (χ3v) is 3.13. The summed E-state index contributed by atoms with van der Waals surface area (Å²) in [6, 6.07) is 17.0. The zero-order chi connectivity index (χ0) is 11.4. The van der Waals surface area contributed by atoms with E-state index in [1.54, 1.807) is 11.8 Å². The molecule has 0 spiro atoms. The average Bonchev–Trinajstić information content (AvgIpc) is 2.39. The lowest BCUT2D eigenvalue weighted by Gasteiger charge is -2.01. The molecule has 0 bridgehead atoms. The van der Waals surface area contributed by atoms with E-state index in [-0.39, 0.29) is 5.78 Å². The number of hydrogen-bond donors (Lipinski definition) is 0. The standard InChI is InChI=1S/C14H12OS/c1-16-13-9-7-12(8-10-13)14(15)11-5-3-2-4-6-11/h2-10H,1H3. The van der Waals surface area contributed by atoms with Crippen molar-refractivity contribution in [3.8, 4) is 0 Å². The summed E-state index contributed by atoms with van der Waals surface area (Å²) in [6.45, 7) is 0. The van der Waals surface area contributed by atoms with Gasteiger partial charge in [0.2, 0.25) is 0 Å². The van der Waals surface area contributed by atoms with Crippen LogP contribution in [0, 0.1) is 0 Å². The van der Waals surface area contributed by atoms with Crippen LogP contribution in [0.5, 0.6) is 0 Å². The molecule has 2 heteroatoms. The van der Waals surface area contributed by atoms with E-state index in [9.17, 15) is 4.79 Å².